The lowest BCUT2D eigenvalue weighted by molar-refractivity contribution is 0.436. The lowest BCUT2D eigenvalue weighted by Crippen LogP contribution is -2.32. The molecule has 1 atom stereocenters. The van der Waals surface area contributed by atoms with Crippen molar-refractivity contribution >= 4 is 55.7 Å². The van der Waals surface area contributed by atoms with E-state index in [1.165, 1.54) is 54.9 Å². The second-order valence-corrected chi connectivity index (χ2v) is 17.2. The smallest absolute Gasteiger partial charge is 0.132 e. The topological polar surface area (TPSA) is 15.7 Å². The molecule has 2 aliphatic rings. The lowest BCUT2D eigenvalue weighted by Gasteiger charge is -2.40. The van der Waals surface area contributed by atoms with Crippen LogP contribution in [0, 0.1) is 0 Å². The van der Waals surface area contributed by atoms with Crippen molar-refractivity contribution < 1.29 is 4.74 Å². The van der Waals surface area contributed by atoms with Gasteiger partial charge in [-0.3, -0.25) is 0 Å². The second-order valence-electron chi connectivity index (χ2n) is 17.2. The first-order valence-corrected chi connectivity index (χ1v) is 22.7. The van der Waals surface area contributed by atoms with E-state index in [-0.39, 0.29) is 0 Å². The van der Waals surface area contributed by atoms with Crippen molar-refractivity contribution in [2.24, 2.45) is 0 Å². The molecule has 1 spiro atoms. The second kappa shape index (κ2) is 15.3. The summed E-state index contributed by atoms with van der Waals surface area (Å²) >= 11 is 0. The van der Waals surface area contributed by atoms with Gasteiger partial charge in [0.1, 0.15) is 11.5 Å². The fourth-order valence-corrected chi connectivity index (χ4v) is 10.9. The monoisotopic (exact) mass is 842 g/mol. The molecule has 0 amide bonds. The van der Waals surface area contributed by atoms with Gasteiger partial charge in [0.2, 0.25) is 0 Å². The molecule has 66 heavy (non-hydrogen) atoms. The fourth-order valence-electron chi connectivity index (χ4n) is 10.9. The van der Waals surface area contributed by atoms with Crippen LogP contribution in [0.15, 0.2) is 255 Å². The average molecular weight is 843 g/mol. The molecule has 3 nitrogen and oxygen atoms in total. The van der Waals surface area contributed by atoms with Gasteiger partial charge in [-0.15, -0.1) is 0 Å². The average Bonchev–Trinajstić information content (AvgIpc) is 3.67. The van der Waals surface area contributed by atoms with E-state index in [4.69, 9.17) is 4.74 Å². The summed E-state index contributed by atoms with van der Waals surface area (Å²) in [6, 6.07) is 92.4. The van der Waals surface area contributed by atoms with E-state index in [1.807, 2.05) is 0 Å². The number of ether oxygens (including phenoxy) is 1. The van der Waals surface area contributed by atoms with Gasteiger partial charge in [0.15, 0.2) is 0 Å². The van der Waals surface area contributed by atoms with E-state index in [0.717, 1.165) is 56.8 Å². The number of nitrogens with zero attached hydrogens (tertiary/aromatic N) is 2. The van der Waals surface area contributed by atoms with Crippen molar-refractivity contribution in [3.63, 3.8) is 0 Å². The van der Waals surface area contributed by atoms with E-state index in [0.29, 0.717) is 0 Å². The Balaban J connectivity index is 1.05. The Kier molecular flexibility index (Phi) is 8.75. The fraction of sp³-hybridized carbons (Fsp3) is 0.0159. The van der Waals surface area contributed by atoms with Crippen molar-refractivity contribution in [3.05, 3.63) is 277 Å². The molecule has 0 fully saturated rings. The van der Waals surface area contributed by atoms with Gasteiger partial charge in [0.05, 0.1) is 11.1 Å². The number of anilines is 6. The normalized spacial score (nSPS) is 14.2. The first kappa shape index (κ1) is 37.9. The molecule has 1 aliphatic carbocycles. The third kappa shape index (κ3) is 5.84. The van der Waals surface area contributed by atoms with Gasteiger partial charge in [-0.1, -0.05) is 176 Å². The standard InChI is InChI=1S/C63H42N2O/c1-4-19-43(20-5-1)44-22-18-27-48(39-44)64(46-23-6-2-7-24-46)49-35-37-57-55(41-49)53-30-14-15-32-56(53)63(57)58-33-16-17-34-61(58)66-62-38-36-50(42-59(62)63)65(47-25-8-3-9-26-47)60-40-45-21-10-11-28-51(45)52-29-12-13-31-54(52)60/h1-42H. The zero-order valence-corrected chi connectivity index (χ0v) is 36.1. The van der Waals surface area contributed by atoms with Crippen LogP contribution in [0.2, 0.25) is 0 Å². The maximum atomic E-state index is 6.97. The molecule has 1 aliphatic heterocycles. The van der Waals surface area contributed by atoms with Crippen molar-refractivity contribution in [2.75, 3.05) is 9.80 Å². The summed E-state index contributed by atoms with van der Waals surface area (Å²) in [6.07, 6.45) is 0. The third-order valence-corrected chi connectivity index (χ3v) is 13.7. The Morgan fingerprint density at radius 3 is 1.64 bits per heavy atom. The summed E-state index contributed by atoms with van der Waals surface area (Å²) in [5, 5.41) is 4.86. The number of hydrogen-bond acceptors (Lipinski definition) is 3. The van der Waals surface area contributed by atoms with Crippen LogP contribution < -0.4 is 14.5 Å². The molecule has 1 heterocycles. The maximum absolute atomic E-state index is 6.97. The number of fused-ring (bicyclic) bond motifs is 12. The number of rotatable bonds is 7. The summed E-state index contributed by atoms with van der Waals surface area (Å²) in [5.41, 5.74) is 15.4. The zero-order chi connectivity index (χ0) is 43.6. The molecule has 0 radical (unpaired) electrons. The van der Waals surface area contributed by atoms with Gasteiger partial charge in [0.25, 0.3) is 0 Å². The molecule has 11 aromatic carbocycles. The van der Waals surface area contributed by atoms with Crippen LogP contribution in [-0.2, 0) is 5.41 Å². The molecule has 0 aromatic heterocycles. The Bertz CT molecular complexity index is 3640. The molecule has 0 bridgehead atoms. The molecule has 0 N–H and O–H groups in total. The van der Waals surface area contributed by atoms with Crippen molar-refractivity contribution in [3.8, 4) is 33.8 Å². The van der Waals surface area contributed by atoms with Gasteiger partial charge in [-0.05, 0) is 128 Å². The van der Waals surface area contributed by atoms with Gasteiger partial charge >= 0.3 is 0 Å². The molecule has 1 unspecified atom stereocenters. The van der Waals surface area contributed by atoms with E-state index in [9.17, 15) is 0 Å². The SMILES string of the molecule is c1ccc(-c2cccc(N(c3ccccc3)c3ccc4c(c3)-c3ccccc3C43c4ccccc4Oc4ccc(N(c5ccccc5)c5cc6ccccc6c6ccccc56)cc43)c2)cc1. The molecule has 0 saturated heterocycles. The molecule has 13 rings (SSSR count). The first-order chi connectivity index (χ1) is 32.7. The lowest BCUT2D eigenvalue weighted by atomic mass is 9.66. The predicted molar refractivity (Wildman–Crippen MR) is 274 cm³/mol. The highest BCUT2D eigenvalue weighted by Crippen LogP contribution is 2.63. The molecular weight excluding hydrogens is 801 g/mol. The quantitative estimate of drug-likeness (QED) is 0.149. The Hall–Kier alpha value is -8.66. The highest BCUT2D eigenvalue weighted by Gasteiger charge is 2.51. The Morgan fingerprint density at radius 2 is 0.833 bits per heavy atom. The van der Waals surface area contributed by atoms with E-state index in [1.54, 1.807) is 0 Å². The van der Waals surface area contributed by atoms with Crippen LogP contribution in [0.5, 0.6) is 11.5 Å². The van der Waals surface area contributed by atoms with Gasteiger partial charge in [-0.25, -0.2) is 0 Å². The zero-order valence-electron chi connectivity index (χ0n) is 36.1. The van der Waals surface area contributed by atoms with Gasteiger partial charge in [-0.2, -0.15) is 0 Å². The van der Waals surface area contributed by atoms with Gasteiger partial charge < -0.3 is 14.5 Å². The molecule has 0 saturated carbocycles. The molecule has 3 heteroatoms. The first-order valence-electron chi connectivity index (χ1n) is 22.7. The molecule has 11 aromatic rings. The minimum absolute atomic E-state index is 0.677. The van der Waals surface area contributed by atoms with Gasteiger partial charge in [0, 0.05) is 45.0 Å². The summed E-state index contributed by atoms with van der Waals surface area (Å²) in [7, 11) is 0. The Labute approximate surface area is 384 Å². The van der Waals surface area contributed by atoms with Crippen LogP contribution in [-0.4, -0.2) is 0 Å². The van der Waals surface area contributed by atoms with Crippen LogP contribution >= 0.6 is 0 Å². The Morgan fingerprint density at radius 1 is 0.288 bits per heavy atom. The summed E-state index contributed by atoms with van der Waals surface area (Å²) < 4.78 is 6.97. The van der Waals surface area contributed by atoms with Crippen molar-refractivity contribution in [2.45, 2.75) is 5.41 Å². The largest absolute Gasteiger partial charge is 0.457 e. The minimum Gasteiger partial charge on any atom is -0.457 e. The van der Waals surface area contributed by atoms with E-state index >= 15 is 0 Å². The summed E-state index contributed by atoms with van der Waals surface area (Å²) in [5.74, 6) is 1.72. The summed E-state index contributed by atoms with van der Waals surface area (Å²) in [6.45, 7) is 0. The van der Waals surface area contributed by atoms with E-state index < -0.39 is 5.41 Å². The molecule has 310 valence electrons. The van der Waals surface area contributed by atoms with Crippen LogP contribution in [0.4, 0.5) is 34.1 Å². The maximum Gasteiger partial charge on any atom is 0.132 e. The number of para-hydroxylation sites is 3. The van der Waals surface area contributed by atoms with Crippen LogP contribution in [0.3, 0.4) is 0 Å². The van der Waals surface area contributed by atoms with Crippen molar-refractivity contribution in [1.29, 1.82) is 0 Å². The minimum atomic E-state index is -0.677. The highest BCUT2D eigenvalue weighted by atomic mass is 16.5. The van der Waals surface area contributed by atoms with Crippen LogP contribution in [0.1, 0.15) is 22.3 Å². The number of hydrogen-bond donors (Lipinski definition) is 0. The molecular formula is C63H42N2O. The van der Waals surface area contributed by atoms with Crippen molar-refractivity contribution in [1.82, 2.24) is 0 Å². The van der Waals surface area contributed by atoms with E-state index in [2.05, 4.69) is 265 Å². The van der Waals surface area contributed by atoms with Crippen LogP contribution in [0.25, 0.3) is 43.8 Å². The predicted octanol–water partition coefficient (Wildman–Crippen LogP) is 17.1. The number of benzene rings is 11. The highest BCUT2D eigenvalue weighted by molar-refractivity contribution is 6.14. The summed E-state index contributed by atoms with van der Waals surface area (Å²) in [4.78, 5) is 4.81. The third-order valence-electron chi connectivity index (χ3n) is 13.7.